The molecule has 161 valence electrons. The van der Waals surface area contributed by atoms with Crippen molar-refractivity contribution in [3.8, 4) is 0 Å². The van der Waals surface area contributed by atoms with Crippen LogP contribution in [0.3, 0.4) is 0 Å². The van der Waals surface area contributed by atoms with Crippen molar-refractivity contribution < 1.29 is 22.4 Å². The summed E-state index contributed by atoms with van der Waals surface area (Å²) in [6.45, 7) is 4.74. The van der Waals surface area contributed by atoms with Gasteiger partial charge in [0.15, 0.2) is 0 Å². The first-order chi connectivity index (χ1) is 14.1. The molecule has 0 saturated carbocycles. The number of piperidine rings is 1. The summed E-state index contributed by atoms with van der Waals surface area (Å²) in [7, 11) is 2.32. The molecule has 4 atom stereocenters. The molecule has 0 spiro atoms. The van der Waals surface area contributed by atoms with Crippen molar-refractivity contribution in [2.24, 2.45) is 5.92 Å². The Labute approximate surface area is 202 Å². The van der Waals surface area contributed by atoms with Gasteiger partial charge < -0.3 is 40.4 Å². The van der Waals surface area contributed by atoms with Crippen molar-refractivity contribution in [1.82, 2.24) is 9.80 Å². The number of hydrogen-bond donors (Lipinski definition) is 0. The van der Waals surface area contributed by atoms with Gasteiger partial charge in [0, 0.05) is 23.7 Å². The van der Waals surface area contributed by atoms with Gasteiger partial charge in [0.25, 0.3) is 0 Å². The van der Waals surface area contributed by atoms with Crippen LogP contribution >= 0.6 is 11.6 Å². The van der Waals surface area contributed by atoms with Gasteiger partial charge in [-0.2, -0.15) is 18.1 Å². The Morgan fingerprint density at radius 1 is 1.14 bits per heavy atom. The van der Waals surface area contributed by atoms with Crippen molar-refractivity contribution in [1.29, 1.82) is 0 Å². The molecular weight excluding hydrogens is 509 g/mol. The van der Waals surface area contributed by atoms with Crippen molar-refractivity contribution >= 4 is 36.9 Å². The molecule has 8 heteroatoms. The van der Waals surface area contributed by atoms with Crippen LogP contribution in [0.5, 0.6) is 0 Å². The van der Waals surface area contributed by atoms with Crippen LogP contribution < -0.4 is 0 Å². The molecule has 2 aliphatic rings. The topological polar surface area (TPSA) is 37.7 Å². The van der Waals surface area contributed by atoms with Gasteiger partial charge in [-0.3, -0.25) is 0 Å². The van der Waals surface area contributed by atoms with Crippen LogP contribution in [-0.4, -0.2) is 73.2 Å². The zero-order valence-corrected chi connectivity index (χ0v) is 21.3. The van der Waals surface area contributed by atoms with Gasteiger partial charge in [-0.25, -0.2) is 0 Å². The van der Waals surface area contributed by atoms with E-state index in [0.717, 1.165) is 74.1 Å². The first-order valence-electron chi connectivity index (χ1n) is 10.3. The van der Waals surface area contributed by atoms with Crippen LogP contribution in [0, 0.1) is 5.92 Å². The Kier molecular flexibility index (Phi) is 12.3. The molecule has 4 nitrogen and oxygen atoms in total. The molecule has 0 N–H and O–H groups in total. The van der Waals surface area contributed by atoms with E-state index in [4.69, 9.17) is 40.4 Å². The van der Waals surface area contributed by atoms with E-state index in [1.807, 2.05) is 12.1 Å². The predicted molar refractivity (Wildman–Crippen MR) is 122 cm³/mol. The third-order valence-electron chi connectivity index (χ3n) is 6.43. The van der Waals surface area contributed by atoms with Crippen LogP contribution in [0.2, 0.25) is 5.02 Å². The van der Waals surface area contributed by atoms with Gasteiger partial charge in [-0.15, -0.1) is 6.54 Å². The summed E-state index contributed by atoms with van der Waals surface area (Å²) in [4.78, 5) is 5.19. The van der Waals surface area contributed by atoms with E-state index in [-0.39, 0.29) is 0 Å². The van der Waals surface area contributed by atoms with Crippen LogP contribution in [0.15, 0.2) is 24.3 Å². The Morgan fingerprint density at radius 3 is 2.52 bits per heavy atom. The summed E-state index contributed by atoms with van der Waals surface area (Å²) in [5.74, 6) is 2.74. The SMILES string of the molecule is CN1[C@H]2CC[C@@H]1[C@@H](CN(CC[S-])CC[N-]CC[S-])[C@@H](c1ccc(Cl)cc1)C2.[O]=[99Tc+4]. The van der Waals surface area contributed by atoms with Crippen molar-refractivity contribution in [2.75, 3.05) is 51.3 Å². The monoisotopic (exact) mass is 539 g/mol. The third kappa shape index (κ3) is 7.28. The van der Waals surface area contributed by atoms with E-state index in [1.165, 1.54) is 24.8 Å². The quantitative estimate of drug-likeness (QED) is 0.336. The Bertz CT molecular complexity index is 598. The second-order valence-corrected chi connectivity index (χ2v) is 9.15. The van der Waals surface area contributed by atoms with Gasteiger partial charge in [0.1, 0.15) is 0 Å². The summed E-state index contributed by atoms with van der Waals surface area (Å²) in [5, 5.41) is 5.37. The van der Waals surface area contributed by atoms with Gasteiger partial charge in [-0.05, 0) is 68.9 Å². The third-order valence-corrected chi connectivity index (χ3v) is 7.05. The van der Waals surface area contributed by atoms with Gasteiger partial charge >= 0.3 is 22.4 Å². The minimum atomic E-state index is 0.605. The van der Waals surface area contributed by atoms with Crippen molar-refractivity contribution in [2.45, 2.75) is 37.3 Å². The number of benzene rings is 1. The Hall–Kier alpha value is 0.539. The number of hydrogen-bond acceptors (Lipinski definition) is 5. The fourth-order valence-electron chi connectivity index (χ4n) is 5.03. The normalized spacial score (nSPS) is 26.4. The first-order valence-corrected chi connectivity index (χ1v) is 12.6. The van der Waals surface area contributed by atoms with Crippen LogP contribution in [0.25, 0.3) is 5.32 Å². The van der Waals surface area contributed by atoms with E-state index < -0.39 is 0 Å². The zero-order valence-electron chi connectivity index (χ0n) is 17.0. The summed E-state index contributed by atoms with van der Waals surface area (Å²) in [6, 6.07) is 9.96. The zero-order chi connectivity index (χ0) is 21.2. The summed E-state index contributed by atoms with van der Waals surface area (Å²) in [5.41, 5.74) is 1.45. The van der Waals surface area contributed by atoms with Crippen LogP contribution in [0.1, 0.15) is 30.7 Å². The average Bonchev–Trinajstić information content (AvgIpc) is 2.98. The minimum absolute atomic E-state index is 0.605. The van der Waals surface area contributed by atoms with E-state index in [1.54, 1.807) is 0 Å². The molecule has 1 aromatic carbocycles. The first kappa shape index (κ1) is 25.8. The molecule has 2 bridgehead atoms. The summed E-state index contributed by atoms with van der Waals surface area (Å²) >= 11 is 17.4. The molecule has 0 unspecified atom stereocenters. The predicted octanol–water partition coefficient (Wildman–Crippen LogP) is 3.55. The van der Waals surface area contributed by atoms with Crippen molar-refractivity contribution in [3.63, 3.8) is 0 Å². The molecule has 2 aliphatic heterocycles. The molecule has 1 aromatic rings. The molecular formula is C21H31ClN3OS2Tc+. The second-order valence-electron chi connectivity index (χ2n) is 7.90. The van der Waals surface area contributed by atoms with Crippen LogP contribution in [0.4, 0.5) is 0 Å². The Balaban J connectivity index is 0.00000145. The number of rotatable bonds is 10. The summed E-state index contributed by atoms with van der Waals surface area (Å²) in [6.07, 6.45) is 3.90. The molecule has 0 aliphatic carbocycles. The van der Waals surface area contributed by atoms with E-state index in [9.17, 15) is 0 Å². The average molecular weight is 540 g/mol. The van der Waals surface area contributed by atoms with E-state index in [0.29, 0.717) is 17.9 Å². The van der Waals surface area contributed by atoms with E-state index >= 15 is 0 Å². The second kappa shape index (κ2) is 13.8. The van der Waals surface area contributed by atoms with Crippen LogP contribution in [-0.2, 0) is 47.6 Å². The number of fused-ring (bicyclic) bond motifs is 2. The molecule has 3 rings (SSSR count). The maximum absolute atomic E-state index is 8.22. The van der Waals surface area contributed by atoms with Gasteiger partial charge in [0.2, 0.25) is 0 Å². The Morgan fingerprint density at radius 2 is 1.86 bits per heavy atom. The van der Waals surface area contributed by atoms with Gasteiger partial charge in [0.05, 0.1) is 0 Å². The molecule has 2 saturated heterocycles. The molecule has 2 heterocycles. The van der Waals surface area contributed by atoms with Gasteiger partial charge in [-0.1, -0.05) is 23.7 Å². The molecule has 29 heavy (non-hydrogen) atoms. The summed E-state index contributed by atoms with van der Waals surface area (Å²) < 4.78 is 8.22. The molecule has 2 fully saturated rings. The standard InChI is InChI=1S/C21H33ClN3S2.O.Tc/c1-24-18-6-7-21(24)20(15-25(11-13-27)10-8-23-9-12-26)19(14-18)16-2-4-17(22)5-3-16;;/h2-5,18-21,26-27H,6-15H2,1H3;;/q-1;;+4/p-2/t18-,19+,20-,21+;;/m0../s1/i;;1+1. The molecule has 0 amide bonds. The maximum atomic E-state index is 8.22. The molecule has 0 radical (unpaired) electrons. The van der Waals surface area contributed by atoms with E-state index in [2.05, 4.69) is 34.3 Å². The van der Waals surface area contributed by atoms with Crippen molar-refractivity contribution in [3.05, 3.63) is 40.2 Å². The number of nitrogens with zero attached hydrogens (tertiary/aromatic N) is 3. The fraction of sp³-hybridized carbons (Fsp3) is 0.714. The number of halogens is 1. The molecule has 0 aromatic heterocycles. The fourth-order valence-corrected chi connectivity index (χ4v) is 5.54.